The van der Waals surface area contributed by atoms with Gasteiger partial charge in [-0.2, -0.15) is 10.2 Å². The molecule has 1 aromatic heterocycles. The Balaban J connectivity index is 2.41. The van der Waals surface area contributed by atoms with Gasteiger partial charge in [-0.25, -0.2) is 0 Å². The van der Waals surface area contributed by atoms with Gasteiger partial charge >= 0.3 is 0 Å². The van der Waals surface area contributed by atoms with E-state index in [1.165, 1.54) is 23.1 Å². The molecule has 106 valence electrons. The summed E-state index contributed by atoms with van der Waals surface area (Å²) < 4.78 is 0. The van der Waals surface area contributed by atoms with E-state index >= 15 is 0 Å². The molecule has 0 radical (unpaired) electrons. The number of aromatic nitrogens is 2. The SMILES string of the molecule is CCCc1cccc(C(NC)c2cc(C)nnc2C)c1. The first-order valence-electron chi connectivity index (χ1n) is 7.22. The van der Waals surface area contributed by atoms with Crippen LogP contribution in [0.15, 0.2) is 30.3 Å². The minimum absolute atomic E-state index is 0.168. The number of rotatable bonds is 5. The Morgan fingerprint density at radius 2 is 1.95 bits per heavy atom. The third kappa shape index (κ3) is 3.23. The fourth-order valence-electron chi connectivity index (χ4n) is 2.58. The summed E-state index contributed by atoms with van der Waals surface area (Å²) in [5.74, 6) is 0. The van der Waals surface area contributed by atoms with Crippen LogP contribution in [0.5, 0.6) is 0 Å². The molecule has 0 spiro atoms. The van der Waals surface area contributed by atoms with Crippen molar-refractivity contribution in [2.24, 2.45) is 0 Å². The lowest BCUT2D eigenvalue weighted by molar-refractivity contribution is 0.674. The molecular formula is C17H23N3. The van der Waals surface area contributed by atoms with Crippen molar-refractivity contribution in [1.29, 1.82) is 0 Å². The molecule has 1 unspecified atom stereocenters. The first-order valence-corrected chi connectivity index (χ1v) is 7.22. The van der Waals surface area contributed by atoms with E-state index in [9.17, 15) is 0 Å². The molecule has 0 fully saturated rings. The maximum Gasteiger partial charge on any atom is 0.0651 e. The molecule has 3 nitrogen and oxygen atoms in total. The van der Waals surface area contributed by atoms with Gasteiger partial charge in [-0.1, -0.05) is 37.6 Å². The van der Waals surface area contributed by atoms with Crippen molar-refractivity contribution in [3.63, 3.8) is 0 Å². The van der Waals surface area contributed by atoms with Crippen LogP contribution in [0.2, 0.25) is 0 Å². The first kappa shape index (κ1) is 14.7. The standard InChI is InChI=1S/C17H23N3/c1-5-7-14-8-6-9-15(11-14)17(18-4)16-10-12(2)19-20-13(16)3/h6,8-11,17-18H,5,7H2,1-4H3. The summed E-state index contributed by atoms with van der Waals surface area (Å²) in [4.78, 5) is 0. The highest BCUT2D eigenvalue weighted by Crippen LogP contribution is 2.24. The Bertz CT molecular complexity index is 578. The zero-order valence-electron chi connectivity index (χ0n) is 12.8. The van der Waals surface area contributed by atoms with E-state index in [1.54, 1.807) is 0 Å². The van der Waals surface area contributed by atoms with Gasteiger partial charge in [0.25, 0.3) is 0 Å². The molecule has 1 heterocycles. The van der Waals surface area contributed by atoms with E-state index < -0.39 is 0 Å². The Morgan fingerprint density at radius 1 is 1.15 bits per heavy atom. The monoisotopic (exact) mass is 269 g/mol. The number of aryl methyl sites for hydroxylation is 3. The summed E-state index contributed by atoms with van der Waals surface area (Å²) in [6, 6.07) is 11.1. The van der Waals surface area contributed by atoms with Crippen molar-refractivity contribution in [2.45, 2.75) is 39.7 Å². The van der Waals surface area contributed by atoms with Crippen LogP contribution in [-0.2, 0) is 6.42 Å². The Hall–Kier alpha value is -1.74. The van der Waals surface area contributed by atoms with E-state index in [-0.39, 0.29) is 6.04 Å². The van der Waals surface area contributed by atoms with E-state index in [0.717, 1.165) is 17.8 Å². The van der Waals surface area contributed by atoms with Crippen molar-refractivity contribution < 1.29 is 0 Å². The van der Waals surface area contributed by atoms with Crippen LogP contribution < -0.4 is 5.32 Å². The van der Waals surface area contributed by atoms with Gasteiger partial charge in [-0.05, 0) is 50.1 Å². The van der Waals surface area contributed by atoms with Crippen molar-refractivity contribution in [1.82, 2.24) is 15.5 Å². The average molecular weight is 269 g/mol. The van der Waals surface area contributed by atoms with E-state index in [2.05, 4.69) is 52.8 Å². The van der Waals surface area contributed by atoms with Crippen molar-refractivity contribution >= 4 is 0 Å². The summed E-state index contributed by atoms with van der Waals surface area (Å²) >= 11 is 0. The summed E-state index contributed by atoms with van der Waals surface area (Å²) in [7, 11) is 1.99. The maximum atomic E-state index is 4.24. The largest absolute Gasteiger partial charge is 0.309 e. The van der Waals surface area contributed by atoms with E-state index in [4.69, 9.17) is 0 Å². The van der Waals surface area contributed by atoms with Crippen LogP contribution in [0, 0.1) is 13.8 Å². The highest BCUT2D eigenvalue weighted by Gasteiger charge is 2.16. The fraction of sp³-hybridized carbons (Fsp3) is 0.412. The number of benzene rings is 1. The number of nitrogens with zero attached hydrogens (tertiary/aromatic N) is 2. The van der Waals surface area contributed by atoms with E-state index in [1.807, 2.05) is 20.9 Å². The minimum atomic E-state index is 0.168. The topological polar surface area (TPSA) is 37.8 Å². The predicted octanol–water partition coefficient (Wildman–Crippen LogP) is 3.35. The molecule has 1 N–H and O–H groups in total. The van der Waals surface area contributed by atoms with Crippen LogP contribution in [0.1, 0.15) is 47.5 Å². The predicted molar refractivity (Wildman–Crippen MR) is 82.8 cm³/mol. The van der Waals surface area contributed by atoms with Gasteiger partial charge in [-0.15, -0.1) is 0 Å². The third-order valence-electron chi connectivity index (χ3n) is 3.56. The van der Waals surface area contributed by atoms with Crippen molar-refractivity contribution in [3.05, 3.63) is 58.4 Å². The first-order chi connectivity index (χ1) is 9.65. The molecule has 0 bridgehead atoms. The van der Waals surface area contributed by atoms with E-state index in [0.29, 0.717) is 0 Å². The zero-order valence-corrected chi connectivity index (χ0v) is 12.8. The quantitative estimate of drug-likeness (QED) is 0.904. The second kappa shape index (κ2) is 6.62. The maximum absolute atomic E-state index is 4.24. The molecule has 2 rings (SSSR count). The molecule has 1 atom stereocenters. The van der Waals surface area contributed by atoms with Gasteiger partial charge in [0.15, 0.2) is 0 Å². The van der Waals surface area contributed by atoms with Gasteiger partial charge in [0.1, 0.15) is 0 Å². The Labute approximate surface area is 121 Å². The van der Waals surface area contributed by atoms with Crippen LogP contribution in [0.4, 0.5) is 0 Å². The smallest absolute Gasteiger partial charge is 0.0651 e. The van der Waals surface area contributed by atoms with Crippen LogP contribution >= 0.6 is 0 Å². The lowest BCUT2D eigenvalue weighted by Gasteiger charge is -2.19. The summed E-state index contributed by atoms with van der Waals surface area (Å²) in [5.41, 5.74) is 5.82. The van der Waals surface area contributed by atoms with Crippen molar-refractivity contribution in [2.75, 3.05) is 7.05 Å². The minimum Gasteiger partial charge on any atom is -0.309 e. The number of nitrogens with one attached hydrogen (secondary N) is 1. The molecule has 3 heteroatoms. The molecule has 0 aliphatic carbocycles. The highest BCUT2D eigenvalue weighted by atomic mass is 15.1. The van der Waals surface area contributed by atoms with Crippen LogP contribution in [0.3, 0.4) is 0 Å². The van der Waals surface area contributed by atoms with Gasteiger partial charge in [-0.3, -0.25) is 0 Å². The number of hydrogen-bond acceptors (Lipinski definition) is 3. The average Bonchev–Trinajstić information content (AvgIpc) is 2.44. The lowest BCUT2D eigenvalue weighted by Crippen LogP contribution is -2.20. The normalized spacial score (nSPS) is 12.4. The molecule has 2 aromatic rings. The second-order valence-electron chi connectivity index (χ2n) is 5.24. The fourth-order valence-corrected chi connectivity index (χ4v) is 2.58. The third-order valence-corrected chi connectivity index (χ3v) is 3.56. The van der Waals surface area contributed by atoms with Crippen LogP contribution in [0.25, 0.3) is 0 Å². The molecule has 0 aliphatic rings. The second-order valence-corrected chi connectivity index (χ2v) is 5.24. The summed E-state index contributed by atoms with van der Waals surface area (Å²) in [6.07, 6.45) is 2.29. The van der Waals surface area contributed by atoms with Gasteiger partial charge in [0.05, 0.1) is 17.4 Å². The summed E-state index contributed by atoms with van der Waals surface area (Å²) in [5, 5.41) is 11.8. The lowest BCUT2D eigenvalue weighted by atomic mass is 9.95. The molecule has 1 aromatic carbocycles. The Morgan fingerprint density at radius 3 is 2.65 bits per heavy atom. The number of hydrogen-bond donors (Lipinski definition) is 1. The van der Waals surface area contributed by atoms with Crippen LogP contribution in [-0.4, -0.2) is 17.2 Å². The van der Waals surface area contributed by atoms with Gasteiger partial charge < -0.3 is 5.32 Å². The Kier molecular flexibility index (Phi) is 4.85. The van der Waals surface area contributed by atoms with Gasteiger partial charge in [0.2, 0.25) is 0 Å². The summed E-state index contributed by atoms with van der Waals surface area (Å²) in [6.45, 7) is 6.21. The molecular weight excluding hydrogens is 246 g/mol. The van der Waals surface area contributed by atoms with Crippen molar-refractivity contribution in [3.8, 4) is 0 Å². The molecule has 0 saturated heterocycles. The zero-order chi connectivity index (χ0) is 14.5. The molecule has 0 saturated carbocycles. The molecule has 0 aliphatic heterocycles. The molecule has 0 amide bonds. The van der Waals surface area contributed by atoms with Gasteiger partial charge in [0, 0.05) is 0 Å². The highest BCUT2D eigenvalue weighted by molar-refractivity contribution is 5.36. The molecule has 20 heavy (non-hydrogen) atoms.